The van der Waals surface area contributed by atoms with Gasteiger partial charge >= 0.3 is 0 Å². The fraction of sp³-hybridized carbons (Fsp3) is 0.348. The average Bonchev–Trinajstić information content (AvgIpc) is 3.18. The maximum Gasteiger partial charge on any atom is 0.252 e. The van der Waals surface area contributed by atoms with E-state index in [-0.39, 0.29) is 35.4 Å². The Kier molecular flexibility index (Phi) is 6.45. The van der Waals surface area contributed by atoms with Gasteiger partial charge in [0.25, 0.3) is 5.95 Å². The third-order valence-electron chi connectivity index (χ3n) is 5.69. The van der Waals surface area contributed by atoms with Crippen molar-refractivity contribution in [1.82, 2.24) is 24.1 Å². The largest absolute Gasteiger partial charge is 0.310 e. The molecule has 34 heavy (non-hydrogen) atoms. The molecule has 0 unspecified atom stereocenters. The summed E-state index contributed by atoms with van der Waals surface area (Å²) < 4.78 is 28.9. The molecule has 1 saturated heterocycles. The van der Waals surface area contributed by atoms with Gasteiger partial charge in [0.05, 0.1) is 16.2 Å². The molecule has 0 radical (unpaired) electrons. The molecule has 1 N–H and O–H groups in total. The molecule has 3 heterocycles. The molecule has 1 fully saturated rings. The highest BCUT2D eigenvalue weighted by Gasteiger charge is 2.33. The SMILES string of the molecule is Cc1cc(C)nc(-n2nc(C)cc2NC(=O)C2CCN(S(=O)(=O)c3ccccc3C#N)CC2)n1. The highest BCUT2D eigenvalue weighted by atomic mass is 32.2. The van der Waals surface area contributed by atoms with Crippen molar-refractivity contribution in [3.05, 3.63) is 59.0 Å². The number of hydrogen-bond donors (Lipinski definition) is 1. The van der Waals surface area contributed by atoms with Crippen LogP contribution in [0.15, 0.2) is 41.3 Å². The van der Waals surface area contributed by atoms with Gasteiger partial charge < -0.3 is 5.32 Å². The lowest BCUT2D eigenvalue weighted by Gasteiger charge is -2.30. The zero-order valence-electron chi connectivity index (χ0n) is 19.2. The second-order valence-electron chi connectivity index (χ2n) is 8.31. The zero-order chi connectivity index (χ0) is 24.5. The number of aryl methyl sites for hydroxylation is 3. The van der Waals surface area contributed by atoms with Gasteiger partial charge in [-0.05, 0) is 51.8 Å². The van der Waals surface area contributed by atoms with Crippen molar-refractivity contribution < 1.29 is 13.2 Å². The summed E-state index contributed by atoms with van der Waals surface area (Å²) in [4.78, 5) is 21.9. The number of nitrogens with zero attached hydrogens (tertiary/aromatic N) is 6. The summed E-state index contributed by atoms with van der Waals surface area (Å²) in [5.74, 6) is 0.268. The molecule has 0 spiro atoms. The first-order valence-electron chi connectivity index (χ1n) is 10.9. The molecule has 10 nitrogen and oxygen atoms in total. The van der Waals surface area contributed by atoms with Crippen LogP contribution in [0.1, 0.15) is 35.5 Å². The van der Waals surface area contributed by atoms with Crippen LogP contribution in [0.4, 0.5) is 5.82 Å². The fourth-order valence-corrected chi connectivity index (χ4v) is 5.66. The van der Waals surface area contributed by atoms with Crippen LogP contribution < -0.4 is 5.32 Å². The lowest BCUT2D eigenvalue weighted by atomic mass is 9.97. The van der Waals surface area contributed by atoms with Crippen molar-refractivity contribution in [3.8, 4) is 12.0 Å². The number of anilines is 1. The van der Waals surface area contributed by atoms with Crippen LogP contribution in [0.2, 0.25) is 0 Å². The molecule has 1 aliphatic rings. The maximum absolute atomic E-state index is 13.0. The van der Waals surface area contributed by atoms with E-state index >= 15 is 0 Å². The molecule has 0 bridgehead atoms. The molecule has 1 amide bonds. The summed E-state index contributed by atoms with van der Waals surface area (Å²) in [6, 6.07) is 11.7. The van der Waals surface area contributed by atoms with Crippen molar-refractivity contribution in [2.45, 2.75) is 38.5 Å². The van der Waals surface area contributed by atoms with E-state index in [1.54, 1.807) is 18.2 Å². The predicted octanol–water partition coefficient (Wildman–Crippen LogP) is 2.50. The van der Waals surface area contributed by atoms with Gasteiger partial charge in [-0.25, -0.2) is 18.4 Å². The summed E-state index contributed by atoms with van der Waals surface area (Å²) in [7, 11) is -3.81. The molecule has 4 rings (SSSR count). The molecule has 0 saturated carbocycles. The van der Waals surface area contributed by atoms with Crippen LogP contribution in [-0.4, -0.2) is 51.5 Å². The van der Waals surface area contributed by atoms with Crippen LogP contribution in [0.3, 0.4) is 0 Å². The van der Waals surface area contributed by atoms with Gasteiger partial charge in [0.15, 0.2) is 0 Å². The summed E-state index contributed by atoms with van der Waals surface area (Å²) in [5.41, 5.74) is 2.40. The van der Waals surface area contributed by atoms with Gasteiger partial charge in [0.1, 0.15) is 11.9 Å². The van der Waals surface area contributed by atoms with Crippen molar-refractivity contribution >= 4 is 21.7 Å². The molecule has 1 aromatic carbocycles. The van der Waals surface area contributed by atoms with Gasteiger partial charge in [-0.3, -0.25) is 4.79 Å². The number of sulfonamides is 1. The van der Waals surface area contributed by atoms with E-state index in [0.29, 0.717) is 30.3 Å². The summed E-state index contributed by atoms with van der Waals surface area (Å²) in [6.45, 7) is 5.93. The van der Waals surface area contributed by atoms with Crippen molar-refractivity contribution in [1.29, 1.82) is 5.26 Å². The van der Waals surface area contributed by atoms with E-state index < -0.39 is 10.0 Å². The number of rotatable bonds is 5. The molecule has 176 valence electrons. The van der Waals surface area contributed by atoms with Crippen LogP contribution in [0.5, 0.6) is 0 Å². The molecule has 3 aromatic rings. The number of carbonyl (C=O) groups is 1. The average molecular weight is 480 g/mol. The van der Waals surface area contributed by atoms with Crippen molar-refractivity contribution in [3.63, 3.8) is 0 Å². The van der Waals surface area contributed by atoms with Gasteiger partial charge in [0.2, 0.25) is 15.9 Å². The number of nitriles is 1. The second-order valence-corrected chi connectivity index (χ2v) is 10.2. The number of benzene rings is 1. The summed E-state index contributed by atoms with van der Waals surface area (Å²) >= 11 is 0. The Morgan fingerprint density at radius 1 is 1.06 bits per heavy atom. The van der Waals surface area contributed by atoms with Crippen LogP contribution in [-0.2, 0) is 14.8 Å². The number of hydrogen-bond acceptors (Lipinski definition) is 7. The van der Waals surface area contributed by atoms with E-state index in [2.05, 4.69) is 20.4 Å². The quantitative estimate of drug-likeness (QED) is 0.594. The highest BCUT2D eigenvalue weighted by Crippen LogP contribution is 2.27. The Morgan fingerprint density at radius 2 is 1.71 bits per heavy atom. The molecule has 2 aromatic heterocycles. The Morgan fingerprint density at radius 3 is 2.35 bits per heavy atom. The number of piperidine rings is 1. The van der Waals surface area contributed by atoms with Gasteiger partial charge in [-0.2, -0.15) is 19.3 Å². The van der Waals surface area contributed by atoms with E-state index in [4.69, 9.17) is 0 Å². The Hall–Kier alpha value is -3.62. The van der Waals surface area contributed by atoms with Crippen LogP contribution in [0, 0.1) is 38.0 Å². The second kappa shape index (κ2) is 9.32. The summed E-state index contributed by atoms with van der Waals surface area (Å²) in [5, 5.41) is 16.6. The standard InChI is InChI=1S/C23H25N7O3S/c1-15-12-16(2)26-23(25-15)30-21(13-17(3)28-30)27-22(31)18-8-10-29(11-9-18)34(32,33)20-7-5-4-6-19(20)14-24/h4-7,12-13,18H,8-11H2,1-3H3,(H,27,31). The fourth-order valence-electron chi connectivity index (χ4n) is 4.05. The Bertz CT molecular complexity index is 1360. The first kappa shape index (κ1) is 23.5. The Balaban J connectivity index is 1.47. The molecule has 0 aliphatic carbocycles. The molecule has 11 heteroatoms. The number of nitrogens with one attached hydrogen (secondary N) is 1. The maximum atomic E-state index is 13.0. The first-order valence-corrected chi connectivity index (χ1v) is 12.3. The van der Waals surface area contributed by atoms with E-state index in [0.717, 1.165) is 11.4 Å². The van der Waals surface area contributed by atoms with Crippen molar-refractivity contribution in [2.75, 3.05) is 18.4 Å². The minimum atomic E-state index is -3.81. The number of amides is 1. The van der Waals surface area contributed by atoms with E-state index in [1.807, 2.05) is 32.9 Å². The van der Waals surface area contributed by atoms with E-state index in [1.165, 1.54) is 21.1 Å². The number of aromatic nitrogens is 4. The first-order chi connectivity index (χ1) is 16.2. The minimum Gasteiger partial charge on any atom is -0.310 e. The van der Waals surface area contributed by atoms with Gasteiger partial charge in [-0.15, -0.1) is 0 Å². The third kappa shape index (κ3) is 4.69. The summed E-state index contributed by atoms with van der Waals surface area (Å²) in [6.07, 6.45) is 0.736. The van der Waals surface area contributed by atoms with E-state index in [9.17, 15) is 18.5 Å². The molecular formula is C23H25N7O3S. The van der Waals surface area contributed by atoms with Gasteiger partial charge in [-0.1, -0.05) is 12.1 Å². The highest BCUT2D eigenvalue weighted by molar-refractivity contribution is 7.89. The minimum absolute atomic E-state index is 0.00627. The third-order valence-corrected chi connectivity index (χ3v) is 7.65. The monoisotopic (exact) mass is 479 g/mol. The molecule has 0 atom stereocenters. The lowest BCUT2D eigenvalue weighted by molar-refractivity contribution is -0.120. The molecular weight excluding hydrogens is 454 g/mol. The van der Waals surface area contributed by atoms with Gasteiger partial charge in [0, 0.05) is 36.5 Å². The van der Waals surface area contributed by atoms with Crippen LogP contribution in [0.25, 0.3) is 5.95 Å². The topological polar surface area (TPSA) is 134 Å². The predicted molar refractivity (Wildman–Crippen MR) is 125 cm³/mol. The normalized spacial score (nSPS) is 15.1. The van der Waals surface area contributed by atoms with Crippen molar-refractivity contribution in [2.24, 2.45) is 5.92 Å². The van der Waals surface area contributed by atoms with Crippen LogP contribution >= 0.6 is 0 Å². The lowest BCUT2D eigenvalue weighted by Crippen LogP contribution is -2.41. The molecule has 1 aliphatic heterocycles. The number of carbonyl (C=O) groups excluding carboxylic acids is 1. The smallest absolute Gasteiger partial charge is 0.252 e. The zero-order valence-corrected chi connectivity index (χ0v) is 20.0. The Labute approximate surface area is 198 Å².